The first-order chi connectivity index (χ1) is 13.1. The van der Waals surface area contributed by atoms with Gasteiger partial charge in [-0.05, 0) is 24.3 Å². The van der Waals surface area contributed by atoms with Gasteiger partial charge >= 0.3 is 6.01 Å². The average Bonchev–Trinajstić information content (AvgIpc) is 3.42. The van der Waals surface area contributed by atoms with Gasteiger partial charge in [0.2, 0.25) is 0 Å². The second kappa shape index (κ2) is 6.59. The normalized spacial score (nSPS) is 10.7. The van der Waals surface area contributed by atoms with Crippen molar-refractivity contribution >= 4 is 17.6 Å². The fourth-order valence-electron chi connectivity index (χ4n) is 2.32. The van der Waals surface area contributed by atoms with Gasteiger partial charge in [-0.15, -0.1) is 5.10 Å². The lowest BCUT2D eigenvalue weighted by molar-refractivity contribution is -0.384. The molecule has 0 fully saturated rings. The summed E-state index contributed by atoms with van der Waals surface area (Å²) in [5.74, 6) is 0.169. The molecule has 0 unspecified atom stereocenters. The minimum Gasteiger partial charge on any atom is -0.459 e. The quantitative estimate of drug-likeness (QED) is 0.416. The average molecular weight is 366 g/mol. The summed E-state index contributed by atoms with van der Waals surface area (Å²) in [6, 6.07) is 12.0. The third-order valence-corrected chi connectivity index (χ3v) is 3.55. The molecule has 0 saturated heterocycles. The van der Waals surface area contributed by atoms with E-state index in [1.165, 1.54) is 36.6 Å². The van der Waals surface area contributed by atoms with Gasteiger partial charge in [-0.25, -0.2) is 0 Å². The van der Waals surface area contributed by atoms with E-state index in [-0.39, 0.29) is 23.4 Å². The molecule has 10 nitrogen and oxygen atoms in total. The van der Waals surface area contributed by atoms with E-state index in [0.717, 1.165) is 0 Å². The Balaban J connectivity index is 1.51. The van der Waals surface area contributed by atoms with Crippen molar-refractivity contribution in [3.8, 4) is 23.0 Å². The van der Waals surface area contributed by atoms with E-state index in [1.807, 2.05) is 0 Å². The van der Waals surface area contributed by atoms with Crippen LogP contribution in [0.15, 0.2) is 68.0 Å². The third-order valence-electron chi connectivity index (χ3n) is 3.55. The largest absolute Gasteiger partial charge is 0.459 e. The zero-order valence-corrected chi connectivity index (χ0v) is 13.5. The molecule has 3 heterocycles. The first-order valence-electron chi connectivity index (χ1n) is 7.63. The molecule has 1 amide bonds. The van der Waals surface area contributed by atoms with Gasteiger partial charge in [0, 0.05) is 17.7 Å². The fourth-order valence-corrected chi connectivity index (χ4v) is 2.32. The fraction of sp³-hybridized carbons (Fsp3) is 0. The number of benzene rings is 1. The highest BCUT2D eigenvalue weighted by Crippen LogP contribution is 2.26. The Morgan fingerprint density at radius 2 is 1.93 bits per heavy atom. The summed E-state index contributed by atoms with van der Waals surface area (Å²) in [5, 5.41) is 20.8. The first kappa shape index (κ1) is 16.3. The van der Waals surface area contributed by atoms with Crippen LogP contribution in [-0.2, 0) is 0 Å². The van der Waals surface area contributed by atoms with E-state index in [2.05, 4.69) is 15.5 Å². The van der Waals surface area contributed by atoms with Crippen molar-refractivity contribution in [3.63, 3.8) is 0 Å². The molecule has 1 aromatic carbocycles. The smallest absolute Gasteiger partial charge is 0.323 e. The molecule has 1 N–H and O–H groups in total. The molecular formula is C17H10N4O6. The van der Waals surface area contributed by atoms with Gasteiger partial charge in [0.15, 0.2) is 11.5 Å². The van der Waals surface area contributed by atoms with Crippen LogP contribution >= 0.6 is 0 Å². The number of hydrogen-bond donors (Lipinski definition) is 1. The van der Waals surface area contributed by atoms with E-state index >= 15 is 0 Å². The minimum atomic E-state index is -0.610. The first-order valence-corrected chi connectivity index (χ1v) is 7.63. The number of furan rings is 2. The molecule has 0 spiro atoms. The highest BCUT2D eigenvalue weighted by Gasteiger charge is 2.18. The molecule has 0 radical (unpaired) electrons. The SMILES string of the molecule is O=C(Nc1nnc(-c2ccco2)o1)c1ccc(-c2cccc([N+](=O)[O-])c2)o1. The van der Waals surface area contributed by atoms with Crippen LogP contribution in [0.5, 0.6) is 0 Å². The van der Waals surface area contributed by atoms with Crippen molar-refractivity contribution in [2.75, 3.05) is 5.32 Å². The number of rotatable bonds is 5. The number of carbonyl (C=O) groups excluding carboxylic acids is 1. The van der Waals surface area contributed by atoms with Crippen molar-refractivity contribution in [1.29, 1.82) is 0 Å². The number of carbonyl (C=O) groups is 1. The summed E-state index contributed by atoms with van der Waals surface area (Å²) in [4.78, 5) is 22.6. The number of aromatic nitrogens is 2. The van der Waals surface area contributed by atoms with E-state index < -0.39 is 10.8 Å². The van der Waals surface area contributed by atoms with Crippen LogP contribution in [0.1, 0.15) is 10.6 Å². The lowest BCUT2D eigenvalue weighted by Crippen LogP contribution is -2.11. The number of hydrogen-bond acceptors (Lipinski definition) is 8. The predicted molar refractivity (Wildman–Crippen MR) is 90.8 cm³/mol. The highest BCUT2D eigenvalue weighted by atomic mass is 16.6. The Morgan fingerprint density at radius 3 is 2.70 bits per heavy atom. The number of non-ortho nitro benzene ring substituents is 1. The molecule has 10 heteroatoms. The maximum atomic E-state index is 12.3. The van der Waals surface area contributed by atoms with Crippen LogP contribution in [0.4, 0.5) is 11.7 Å². The number of nitrogens with one attached hydrogen (secondary N) is 1. The van der Waals surface area contributed by atoms with Gasteiger partial charge in [-0.1, -0.05) is 17.2 Å². The summed E-state index contributed by atoms with van der Waals surface area (Å²) in [5.41, 5.74) is 0.396. The standard InChI is InChI=1S/C17H10N4O6/c22-15(18-17-20-19-16(27-17)14-5-2-8-25-14)13-7-6-12(26-13)10-3-1-4-11(9-10)21(23)24/h1-9H,(H,18,20,22). The minimum absolute atomic E-state index is 0.0192. The van der Waals surface area contributed by atoms with E-state index in [0.29, 0.717) is 17.1 Å². The van der Waals surface area contributed by atoms with Crippen LogP contribution in [-0.4, -0.2) is 21.0 Å². The Kier molecular flexibility index (Phi) is 3.97. The number of nitro benzene ring substituents is 1. The molecule has 0 aliphatic heterocycles. The van der Waals surface area contributed by atoms with Gasteiger partial charge in [-0.3, -0.25) is 20.2 Å². The van der Waals surface area contributed by atoms with Crippen molar-refractivity contribution in [2.45, 2.75) is 0 Å². The summed E-state index contributed by atoms with van der Waals surface area (Å²) in [6.07, 6.45) is 1.45. The topological polar surface area (TPSA) is 137 Å². The number of amides is 1. The lowest BCUT2D eigenvalue weighted by atomic mass is 10.1. The molecule has 4 aromatic rings. The second-order valence-electron chi connectivity index (χ2n) is 5.32. The molecule has 3 aromatic heterocycles. The molecule has 134 valence electrons. The van der Waals surface area contributed by atoms with Gasteiger partial charge in [0.25, 0.3) is 17.5 Å². The van der Waals surface area contributed by atoms with Crippen LogP contribution in [0.2, 0.25) is 0 Å². The molecule has 0 saturated carbocycles. The van der Waals surface area contributed by atoms with Crippen LogP contribution in [0.3, 0.4) is 0 Å². The van der Waals surface area contributed by atoms with E-state index in [4.69, 9.17) is 13.3 Å². The maximum absolute atomic E-state index is 12.3. The van der Waals surface area contributed by atoms with Gasteiger partial charge < -0.3 is 13.3 Å². The molecule has 0 bridgehead atoms. The summed E-state index contributed by atoms with van der Waals surface area (Å²) in [6.45, 7) is 0. The van der Waals surface area contributed by atoms with Crippen LogP contribution in [0.25, 0.3) is 23.0 Å². The maximum Gasteiger partial charge on any atom is 0.323 e. The monoisotopic (exact) mass is 366 g/mol. The Bertz CT molecular complexity index is 1110. The molecule has 4 rings (SSSR count). The van der Waals surface area contributed by atoms with Crippen molar-refractivity contribution in [1.82, 2.24) is 10.2 Å². The van der Waals surface area contributed by atoms with Gasteiger partial charge in [0.05, 0.1) is 11.2 Å². The Morgan fingerprint density at radius 1 is 1.04 bits per heavy atom. The summed E-state index contributed by atoms with van der Waals surface area (Å²) < 4.78 is 15.9. The van der Waals surface area contributed by atoms with Gasteiger partial charge in [-0.2, -0.15) is 0 Å². The van der Waals surface area contributed by atoms with Crippen molar-refractivity contribution in [2.24, 2.45) is 0 Å². The predicted octanol–water partition coefficient (Wildman–Crippen LogP) is 3.75. The third kappa shape index (κ3) is 3.31. The lowest BCUT2D eigenvalue weighted by Gasteiger charge is -1.98. The van der Waals surface area contributed by atoms with Crippen LogP contribution < -0.4 is 5.32 Å². The van der Waals surface area contributed by atoms with Crippen LogP contribution in [0, 0.1) is 10.1 Å². The Hall–Kier alpha value is -4.21. The number of nitrogens with zero attached hydrogens (tertiary/aromatic N) is 3. The second-order valence-corrected chi connectivity index (χ2v) is 5.32. The highest BCUT2D eigenvalue weighted by molar-refractivity contribution is 6.01. The molecule has 0 aliphatic rings. The Labute approximate surface area is 150 Å². The van der Waals surface area contributed by atoms with Gasteiger partial charge in [0.1, 0.15) is 5.76 Å². The molecule has 0 atom stereocenters. The molecule has 0 aliphatic carbocycles. The van der Waals surface area contributed by atoms with E-state index in [1.54, 1.807) is 18.2 Å². The van der Waals surface area contributed by atoms with Crippen molar-refractivity contribution in [3.05, 3.63) is 70.7 Å². The molecular weight excluding hydrogens is 356 g/mol. The summed E-state index contributed by atoms with van der Waals surface area (Å²) in [7, 11) is 0. The van der Waals surface area contributed by atoms with Crippen molar-refractivity contribution < 1.29 is 23.0 Å². The number of nitro groups is 1. The van der Waals surface area contributed by atoms with E-state index in [9.17, 15) is 14.9 Å². The zero-order chi connectivity index (χ0) is 18.8. The summed E-state index contributed by atoms with van der Waals surface area (Å²) >= 11 is 0. The zero-order valence-electron chi connectivity index (χ0n) is 13.5. The number of anilines is 1. The molecule has 27 heavy (non-hydrogen) atoms.